The van der Waals surface area contributed by atoms with Crippen LogP contribution in [0.5, 0.6) is 0 Å². The van der Waals surface area contributed by atoms with Crippen LogP contribution in [0.25, 0.3) is 0 Å². The number of methoxy groups -OCH3 is 1. The van der Waals surface area contributed by atoms with E-state index in [1.54, 1.807) is 7.11 Å². The molecule has 0 aromatic carbocycles. The van der Waals surface area contributed by atoms with Crippen LogP contribution in [0.1, 0.15) is 19.3 Å². The van der Waals surface area contributed by atoms with Crippen LogP contribution in [0.4, 0.5) is 0 Å². The monoisotopic (exact) mass is 238 g/mol. The zero-order chi connectivity index (χ0) is 12.4. The first-order valence-corrected chi connectivity index (χ1v) is 6.52. The summed E-state index contributed by atoms with van der Waals surface area (Å²) in [5.41, 5.74) is 7.25. The van der Waals surface area contributed by atoms with Gasteiger partial charge in [0, 0.05) is 7.11 Å². The Kier molecular flexibility index (Phi) is 3.16. The van der Waals surface area contributed by atoms with E-state index in [4.69, 9.17) is 4.74 Å². The second kappa shape index (κ2) is 4.95. The molecule has 0 heterocycles. The van der Waals surface area contributed by atoms with Gasteiger partial charge in [-0.05, 0) is 47.1 Å². The third-order valence-corrected chi connectivity index (χ3v) is 3.68. The van der Waals surface area contributed by atoms with Crippen molar-refractivity contribution in [2.45, 2.75) is 19.3 Å². The molecule has 0 amide bonds. The van der Waals surface area contributed by atoms with E-state index in [2.05, 4.69) is 42.5 Å². The van der Waals surface area contributed by atoms with Crippen molar-refractivity contribution in [2.24, 2.45) is 0 Å². The van der Waals surface area contributed by atoms with Crippen LogP contribution >= 0.6 is 0 Å². The minimum absolute atomic E-state index is 0.744. The van der Waals surface area contributed by atoms with Crippen LogP contribution in [0.15, 0.2) is 70.4 Å². The van der Waals surface area contributed by atoms with Gasteiger partial charge in [-0.2, -0.15) is 0 Å². The average molecular weight is 238 g/mol. The molecule has 0 aliphatic heterocycles. The van der Waals surface area contributed by atoms with Crippen molar-refractivity contribution < 1.29 is 4.74 Å². The Labute approximate surface area is 109 Å². The quantitative estimate of drug-likeness (QED) is 0.718. The molecule has 0 aromatic heterocycles. The van der Waals surface area contributed by atoms with Gasteiger partial charge in [0.2, 0.25) is 0 Å². The van der Waals surface area contributed by atoms with Gasteiger partial charge in [0.25, 0.3) is 0 Å². The maximum atomic E-state index is 5.28. The minimum Gasteiger partial charge on any atom is -0.380 e. The van der Waals surface area contributed by atoms with Crippen LogP contribution in [-0.4, -0.2) is 13.7 Å². The Morgan fingerprint density at radius 3 is 2.39 bits per heavy atom. The summed E-state index contributed by atoms with van der Waals surface area (Å²) in [6.45, 7) is 0.744. The molecule has 0 atom stereocenters. The summed E-state index contributed by atoms with van der Waals surface area (Å²) in [5, 5.41) is 0. The van der Waals surface area contributed by atoms with Crippen molar-refractivity contribution >= 4 is 0 Å². The first-order chi connectivity index (χ1) is 8.88. The first kappa shape index (κ1) is 11.5. The Morgan fingerprint density at radius 2 is 1.78 bits per heavy atom. The van der Waals surface area contributed by atoms with E-state index in [-0.39, 0.29) is 0 Å². The van der Waals surface area contributed by atoms with Crippen LogP contribution in [0.3, 0.4) is 0 Å². The minimum atomic E-state index is 0.744. The van der Waals surface area contributed by atoms with Crippen molar-refractivity contribution in [1.82, 2.24) is 0 Å². The lowest BCUT2D eigenvalue weighted by atomic mass is 9.95. The van der Waals surface area contributed by atoms with Crippen molar-refractivity contribution in [3.8, 4) is 0 Å². The van der Waals surface area contributed by atoms with Gasteiger partial charge in [0.05, 0.1) is 6.61 Å². The molecular weight excluding hydrogens is 220 g/mol. The Bertz CT molecular complexity index is 536. The highest BCUT2D eigenvalue weighted by atomic mass is 16.5. The molecule has 92 valence electrons. The Morgan fingerprint density at radius 1 is 1.06 bits per heavy atom. The summed E-state index contributed by atoms with van der Waals surface area (Å²) < 4.78 is 5.28. The van der Waals surface area contributed by atoms with Gasteiger partial charge in [-0.15, -0.1) is 0 Å². The molecule has 0 saturated heterocycles. The van der Waals surface area contributed by atoms with E-state index in [9.17, 15) is 0 Å². The number of hydrogen-bond acceptors (Lipinski definition) is 1. The third-order valence-electron chi connectivity index (χ3n) is 3.68. The first-order valence-electron chi connectivity index (χ1n) is 6.52. The molecule has 3 aliphatic carbocycles. The summed E-state index contributed by atoms with van der Waals surface area (Å²) in [7, 11) is 1.77. The fourth-order valence-electron chi connectivity index (χ4n) is 2.83. The van der Waals surface area contributed by atoms with E-state index in [0.29, 0.717) is 0 Å². The predicted molar refractivity (Wildman–Crippen MR) is 75.3 cm³/mol. The van der Waals surface area contributed by atoms with Crippen LogP contribution in [-0.2, 0) is 4.74 Å². The zero-order valence-electron chi connectivity index (χ0n) is 10.8. The van der Waals surface area contributed by atoms with Gasteiger partial charge in [-0.1, -0.05) is 42.5 Å². The molecule has 3 aliphatic rings. The van der Waals surface area contributed by atoms with Crippen molar-refractivity contribution in [1.29, 1.82) is 0 Å². The van der Waals surface area contributed by atoms with E-state index in [0.717, 1.165) is 25.9 Å². The fourth-order valence-corrected chi connectivity index (χ4v) is 2.83. The summed E-state index contributed by atoms with van der Waals surface area (Å²) >= 11 is 0. The highest BCUT2D eigenvalue weighted by Gasteiger charge is 2.21. The largest absolute Gasteiger partial charge is 0.380 e. The topological polar surface area (TPSA) is 9.23 Å². The molecule has 0 N–H and O–H groups in total. The van der Waals surface area contributed by atoms with Crippen LogP contribution in [0, 0.1) is 0 Å². The van der Waals surface area contributed by atoms with Gasteiger partial charge in [0.15, 0.2) is 0 Å². The molecule has 0 spiro atoms. The lowest BCUT2D eigenvalue weighted by Crippen LogP contribution is -1.94. The Balaban J connectivity index is 1.91. The summed E-state index contributed by atoms with van der Waals surface area (Å²) in [6.07, 6.45) is 18.8. The lowest BCUT2D eigenvalue weighted by molar-refractivity contribution is 0.224. The summed E-state index contributed by atoms with van der Waals surface area (Å²) in [6, 6.07) is 0. The van der Waals surface area contributed by atoms with E-state index >= 15 is 0 Å². The predicted octanol–water partition coefficient (Wildman–Crippen LogP) is 4.03. The Hall–Kier alpha value is -1.60. The highest BCUT2D eigenvalue weighted by Crippen LogP contribution is 2.39. The normalized spacial score (nSPS) is 21.7. The second-order valence-electron chi connectivity index (χ2n) is 4.95. The van der Waals surface area contributed by atoms with Crippen molar-refractivity contribution in [3.05, 3.63) is 70.4 Å². The molecule has 0 unspecified atom stereocenters. The maximum Gasteiger partial charge on any atom is 0.0679 e. The van der Waals surface area contributed by atoms with Gasteiger partial charge < -0.3 is 4.74 Å². The lowest BCUT2D eigenvalue weighted by Gasteiger charge is -2.09. The molecular formula is C17H18O. The SMILES string of the molecule is COCC1=CC(C2=CC=CC2)=C(C2=CC=CC2)C1. The molecule has 1 nitrogen and oxygen atoms in total. The van der Waals surface area contributed by atoms with Gasteiger partial charge in [0.1, 0.15) is 0 Å². The standard InChI is InChI=1S/C17H18O/c1-18-12-13-10-16(14-6-2-3-7-14)17(11-13)15-8-4-5-9-15/h2-6,8,10H,7,9,11-12H2,1H3. The molecule has 0 aromatic rings. The molecule has 18 heavy (non-hydrogen) atoms. The second-order valence-corrected chi connectivity index (χ2v) is 4.95. The van der Waals surface area contributed by atoms with E-state index < -0.39 is 0 Å². The molecule has 0 bridgehead atoms. The molecule has 1 heteroatoms. The van der Waals surface area contributed by atoms with Gasteiger partial charge in [-0.3, -0.25) is 0 Å². The van der Waals surface area contributed by atoms with Gasteiger partial charge >= 0.3 is 0 Å². The number of ether oxygens (including phenoxy) is 1. The van der Waals surface area contributed by atoms with Crippen molar-refractivity contribution in [2.75, 3.05) is 13.7 Å². The number of allylic oxidation sites excluding steroid dienone is 11. The maximum absolute atomic E-state index is 5.28. The highest BCUT2D eigenvalue weighted by molar-refractivity contribution is 5.60. The fraction of sp³-hybridized carbons (Fsp3) is 0.294. The smallest absolute Gasteiger partial charge is 0.0679 e. The molecule has 0 saturated carbocycles. The third kappa shape index (κ3) is 2.06. The number of rotatable bonds is 4. The van der Waals surface area contributed by atoms with Gasteiger partial charge in [-0.25, -0.2) is 0 Å². The van der Waals surface area contributed by atoms with Crippen LogP contribution < -0.4 is 0 Å². The van der Waals surface area contributed by atoms with E-state index in [1.165, 1.54) is 27.9 Å². The number of hydrogen-bond donors (Lipinski definition) is 0. The summed E-state index contributed by atoms with van der Waals surface area (Å²) in [5.74, 6) is 0. The van der Waals surface area contributed by atoms with Crippen LogP contribution in [0.2, 0.25) is 0 Å². The molecule has 0 fully saturated rings. The van der Waals surface area contributed by atoms with Crippen molar-refractivity contribution in [3.63, 3.8) is 0 Å². The molecule has 3 rings (SSSR count). The molecule has 0 radical (unpaired) electrons. The zero-order valence-corrected chi connectivity index (χ0v) is 10.8. The average Bonchev–Trinajstić information content (AvgIpc) is 3.11. The summed E-state index contributed by atoms with van der Waals surface area (Å²) in [4.78, 5) is 0. The van der Waals surface area contributed by atoms with E-state index in [1.807, 2.05) is 0 Å².